The number of azo groups is 2. The van der Waals surface area contributed by atoms with E-state index in [2.05, 4.69) is 61.7 Å². The quantitative estimate of drug-likeness (QED) is 0.0303. The van der Waals surface area contributed by atoms with Gasteiger partial charge in [-0.25, -0.2) is 9.59 Å². The number of anilines is 5. The number of nitrogens with one attached hydrogen (secondary N) is 6. The first-order chi connectivity index (χ1) is 31.3. The summed E-state index contributed by atoms with van der Waals surface area (Å²) in [6.45, 7) is 3.03. The van der Waals surface area contributed by atoms with E-state index in [4.69, 9.17) is 9.92 Å². The highest BCUT2D eigenvalue weighted by Gasteiger charge is 2.27. The first-order valence-electron chi connectivity index (χ1n) is 17.8. The summed E-state index contributed by atoms with van der Waals surface area (Å²) in [6.07, 6.45) is 0. The molecule has 6 aromatic rings. The van der Waals surface area contributed by atoms with Crippen molar-refractivity contribution in [1.82, 2.24) is 19.9 Å². The number of fused-ring (bicyclic) bond motifs is 1. The third-order valence-electron chi connectivity index (χ3n) is 8.44. The zero-order valence-corrected chi connectivity index (χ0v) is 36.7. The third kappa shape index (κ3) is 11.7. The van der Waals surface area contributed by atoms with Crippen LogP contribution in [0.1, 0.15) is 11.4 Å². The lowest BCUT2D eigenvalue weighted by atomic mass is 10.0. The van der Waals surface area contributed by atoms with Crippen molar-refractivity contribution in [3.8, 4) is 11.5 Å². The van der Waals surface area contributed by atoms with E-state index in [0.29, 0.717) is 17.5 Å². The standard InChI is InChI=1S/C34H29N13O16S4/c1-13-7-24(48)40-31(36-13)42-33(51)38-16-3-5-21(65(54,55)56)18(11-16)44-46-28-20(63-64-53)9-15-10-23(67(60,61)62)29(27(35)26(15)30(28)50)47-45-19-12-17(4-6-22(19)66(57,58)59)39-34(52)43-32-37-14(2)8-25(49)41-32/h3-12,50,53H,35H2,1-2H3,(H,54,55,56)(H,57,58,59)(H,60,61,62)(H3,36,38,40,42,48,51)(H3,37,39,41,43,49,52). The SMILES string of the molecule is Cc1cc(=O)nc(NC(=O)Nc2ccc(S(=O)(=O)O)c(N=Nc3c(S(=O)(=O)O)cc4cc(OSO)c(N=Nc5cc(NC(=O)Nc6nc(=O)cc(C)[nH]6)ccc5S(=O)(=O)O)c(O)c4c3N)c2)[nH]1. The molecule has 0 atom stereocenters. The third-order valence-corrected chi connectivity index (χ3v) is 11.4. The van der Waals surface area contributed by atoms with Crippen LogP contribution in [-0.4, -0.2) is 80.6 Å². The summed E-state index contributed by atoms with van der Waals surface area (Å²) < 4.78 is 119. The van der Waals surface area contributed by atoms with Crippen molar-refractivity contribution < 1.29 is 62.3 Å². The van der Waals surface area contributed by atoms with Crippen LogP contribution in [0.3, 0.4) is 0 Å². The second kappa shape index (κ2) is 18.9. The van der Waals surface area contributed by atoms with E-state index in [9.17, 15) is 67.7 Å². The van der Waals surface area contributed by atoms with Gasteiger partial charge < -0.3 is 35.6 Å². The molecule has 67 heavy (non-hydrogen) atoms. The molecule has 2 aromatic heterocycles. The molecular formula is C34H29N13O16S4. The molecule has 4 aromatic carbocycles. The van der Waals surface area contributed by atoms with Gasteiger partial charge in [0.2, 0.25) is 24.2 Å². The minimum Gasteiger partial charge on any atom is -0.505 e. The number of carbonyl (C=O) groups is 2. The number of amides is 4. The Bertz CT molecular complexity index is 3570. The van der Waals surface area contributed by atoms with Crippen molar-refractivity contribution in [1.29, 1.82) is 0 Å². The molecule has 0 saturated heterocycles. The van der Waals surface area contributed by atoms with Gasteiger partial charge in [0.05, 0.1) is 11.1 Å². The number of benzene rings is 4. The topological polar surface area (TPSA) is 462 Å². The molecule has 4 amide bonds. The average Bonchev–Trinajstić information content (AvgIpc) is 3.18. The van der Waals surface area contributed by atoms with Crippen molar-refractivity contribution >= 4 is 117 Å². The molecule has 0 aliphatic carbocycles. The summed E-state index contributed by atoms with van der Waals surface area (Å²) in [5.74, 6) is -2.20. The van der Waals surface area contributed by atoms with Gasteiger partial charge in [0, 0.05) is 34.9 Å². The molecule has 0 radical (unpaired) electrons. The number of phenols is 1. The van der Waals surface area contributed by atoms with E-state index in [1.54, 1.807) is 0 Å². The number of aryl methyl sites for hydroxylation is 2. The van der Waals surface area contributed by atoms with Crippen LogP contribution in [0.2, 0.25) is 0 Å². The number of nitrogen functional groups attached to an aromatic ring is 1. The highest BCUT2D eigenvalue weighted by Crippen LogP contribution is 2.50. The predicted molar refractivity (Wildman–Crippen MR) is 236 cm³/mol. The van der Waals surface area contributed by atoms with Gasteiger partial charge in [0.1, 0.15) is 31.7 Å². The molecule has 0 bridgehead atoms. The summed E-state index contributed by atoms with van der Waals surface area (Å²) in [5, 5.41) is 34.7. The smallest absolute Gasteiger partial charge is 0.326 e. The Morgan fingerprint density at radius 3 is 1.52 bits per heavy atom. The molecule has 2 heterocycles. The molecule has 29 nitrogen and oxygen atoms in total. The Hall–Kier alpha value is -7.92. The van der Waals surface area contributed by atoms with Gasteiger partial charge >= 0.3 is 12.1 Å². The van der Waals surface area contributed by atoms with Crippen molar-refractivity contribution in [2.75, 3.05) is 27.0 Å². The number of aromatic hydroxyl groups is 1. The molecule has 6 rings (SSSR count). The molecule has 0 spiro atoms. The molecule has 0 unspecified atom stereocenters. The van der Waals surface area contributed by atoms with Gasteiger partial charge in [-0.15, -0.1) is 20.5 Å². The van der Waals surface area contributed by atoms with Crippen molar-refractivity contribution in [3.63, 3.8) is 0 Å². The van der Waals surface area contributed by atoms with Crippen molar-refractivity contribution in [2.45, 2.75) is 28.5 Å². The number of hydrogen-bond acceptors (Lipinski definition) is 21. The van der Waals surface area contributed by atoms with Crippen LogP contribution in [-0.2, 0) is 30.4 Å². The lowest BCUT2D eigenvalue weighted by Crippen LogP contribution is -2.23. The molecule has 0 saturated carbocycles. The van der Waals surface area contributed by atoms with Gasteiger partial charge in [0.25, 0.3) is 41.5 Å². The maximum absolute atomic E-state index is 12.7. The predicted octanol–water partition coefficient (Wildman–Crippen LogP) is 5.27. The maximum Gasteiger partial charge on any atom is 0.326 e. The number of carbonyl (C=O) groups excluding carboxylic acids is 2. The number of urea groups is 2. The number of H-pyrrole nitrogens is 2. The summed E-state index contributed by atoms with van der Waals surface area (Å²) in [4.78, 5) is 58.3. The Morgan fingerprint density at radius 1 is 0.657 bits per heavy atom. The second-order valence-corrected chi connectivity index (χ2v) is 17.8. The van der Waals surface area contributed by atoms with Crippen LogP contribution in [0.15, 0.2) is 105 Å². The van der Waals surface area contributed by atoms with Gasteiger partial charge in [-0.05, 0) is 67.8 Å². The summed E-state index contributed by atoms with van der Waals surface area (Å²) in [6, 6.07) is 7.21. The van der Waals surface area contributed by atoms with E-state index in [1.807, 2.05) is 0 Å². The maximum atomic E-state index is 12.7. The summed E-state index contributed by atoms with van der Waals surface area (Å²) >= 11 is -0.321. The summed E-state index contributed by atoms with van der Waals surface area (Å²) in [7, 11) is -15.6. The van der Waals surface area contributed by atoms with E-state index in [1.165, 1.54) is 13.8 Å². The highest BCUT2D eigenvalue weighted by molar-refractivity contribution is 7.89. The number of aromatic nitrogens is 4. The monoisotopic (exact) mass is 1000 g/mol. The van der Waals surface area contributed by atoms with Crippen LogP contribution in [0, 0.1) is 13.8 Å². The van der Waals surface area contributed by atoms with E-state index < -0.39 is 114 Å². The number of nitrogens with zero attached hydrogens (tertiary/aromatic N) is 6. The fraction of sp³-hybridized carbons (Fsp3) is 0.0588. The van der Waals surface area contributed by atoms with Gasteiger partial charge in [-0.1, -0.05) is 0 Å². The van der Waals surface area contributed by atoms with Crippen LogP contribution in [0.4, 0.5) is 61.3 Å². The number of nitrogens with two attached hydrogens (primary N) is 1. The van der Waals surface area contributed by atoms with Crippen LogP contribution in [0.25, 0.3) is 10.8 Å². The fourth-order valence-electron chi connectivity index (χ4n) is 5.82. The van der Waals surface area contributed by atoms with E-state index in [0.717, 1.165) is 54.6 Å². The Balaban J connectivity index is 1.43. The fourth-order valence-corrected chi connectivity index (χ4v) is 7.90. The molecule has 0 aliphatic heterocycles. The largest absolute Gasteiger partial charge is 0.505 e. The Labute approximate surface area is 378 Å². The number of phenolic OH excluding ortho intramolecular Hbond substituents is 1. The van der Waals surface area contributed by atoms with Crippen LogP contribution < -0.4 is 42.3 Å². The van der Waals surface area contributed by atoms with E-state index in [-0.39, 0.29) is 41.0 Å². The molecule has 33 heteroatoms. The molecule has 350 valence electrons. The molecular weight excluding hydrogens is 975 g/mol. The van der Waals surface area contributed by atoms with Crippen molar-refractivity contribution in [3.05, 3.63) is 92.8 Å². The minimum absolute atomic E-state index is 0.185. The van der Waals surface area contributed by atoms with E-state index >= 15 is 0 Å². The number of aromatic amines is 2. The first kappa shape index (κ1) is 48.5. The lowest BCUT2D eigenvalue weighted by molar-refractivity contribution is 0.261. The summed E-state index contributed by atoms with van der Waals surface area (Å²) in [5.41, 5.74) is 1.19. The van der Waals surface area contributed by atoms with Crippen LogP contribution >= 0.6 is 12.3 Å². The van der Waals surface area contributed by atoms with Crippen molar-refractivity contribution in [2.24, 2.45) is 20.5 Å². The Morgan fingerprint density at radius 2 is 1.10 bits per heavy atom. The average molecular weight is 1000 g/mol. The molecule has 0 aliphatic rings. The molecule has 0 fully saturated rings. The van der Waals surface area contributed by atoms with Crippen LogP contribution in [0.5, 0.6) is 11.5 Å². The zero-order valence-electron chi connectivity index (χ0n) is 33.4. The normalized spacial score (nSPS) is 12.1. The first-order valence-corrected chi connectivity index (χ1v) is 22.8. The van der Waals surface area contributed by atoms with Gasteiger partial charge in [-0.3, -0.25) is 38.4 Å². The van der Waals surface area contributed by atoms with Gasteiger partial charge in [0.15, 0.2) is 17.2 Å². The highest BCUT2D eigenvalue weighted by atomic mass is 32.2. The second-order valence-electron chi connectivity index (χ2n) is 13.3. The lowest BCUT2D eigenvalue weighted by Gasteiger charge is -2.14. The van der Waals surface area contributed by atoms with Gasteiger partial charge in [-0.2, -0.15) is 35.2 Å². The Kier molecular flexibility index (Phi) is 13.7. The molecule has 13 N–H and O–H groups in total. The minimum atomic E-state index is -5.35. The number of hydrogen-bond donors (Lipinski definition) is 12. The zero-order chi connectivity index (χ0) is 49.2. The number of rotatable bonds is 13.